The molecular weight excluding hydrogens is 484 g/mol. The molecular formula is C34H42N2O3. The highest BCUT2D eigenvalue weighted by atomic mass is 16.5. The molecule has 1 saturated heterocycles. The Labute approximate surface area is 233 Å². The van der Waals surface area contributed by atoms with Crippen LogP contribution >= 0.6 is 0 Å². The maximum atomic E-state index is 13.4. The van der Waals surface area contributed by atoms with Crippen LogP contribution in [0.2, 0.25) is 0 Å². The first-order valence-corrected chi connectivity index (χ1v) is 14.9. The van der Waals surface area contributed by atoms with Crippen LogP contribution in [0.4, 0.5) is 5.69 Å². The third kappa shape index (κ3) is 4.01. The number of morpholine rings is 1. The predicted octanol–water partition coefficient (Wildman–Crippen LogP) is 6.53. The smallest absolute Gasteiger partial charge is 0.148 e. The summed E-state index contributed by atoms with van der Waals surface area (Å²) in [5.74, 6) is 8.49. The van der Waals surface area contributed by atoms with E-state index in [0.717, 1.165) is 70.5 Å². The molecule has 3 fully saturated rings. The SMILES string of the molecule is CC#C[C@]1(C(C)=O)CC[C@H]2[C@@H]3CC(C)C4=C/C(=N/O)CCC4=C3[C@@H](c3ccc(N4CCOCC4)cc3)C[C@@]21C. The van der Waals surface area contributed by atoms with Gasteiger partial charge < -0.3 is 14.8 Å². The van der Waals surface area contributed by atoms with E-state index in [1.165, 1.54) is 22.4 Å². The Kier molecular flexibility index (Phi) is 6.74. The van der Waals surface area contributed by atoms with Crippen LogP contribution in [0.3, 0.4) is 0 Å². The van der Waals surface area contributed by atoms with Gasteiger partial charge in [0.15, 0.2) is 0 Å². The molecule has 0 bridgehead atoms. The number of allylic oxidation sites excluding steroid dienone is 4. The summed E-state index contributed by atoms with van der Waals surface area (Å²) in [6.07, 6.45) is 7.81. The van der Waals surface area contributed by atoms with Gasteiger partial charge in [-0.25, -0.2) is 0 Å². The zero-order chi connectivity index (χ0) is 27.4. The zero-order valence-corrected chi connectivity index (χ0v) is 23.9. The van der Waals surface area contributed by atoms with Gasteiger partial charge >= 0.3 is 0 Å². The highest BCUT2D eigenvalue weighted by molar-refractivity contribution is 5.97. The molecule has 1 aromatic carbocycles. The number of ketones is 1. The average Bonchev–Trinajstić information content (AvgIpc) is 3.26. The van der Waals surface area contributed by atoms with Crippen LogP contribution in [0.5, 0.6) is 0 Å². The predicted molar refractivity (Wildman–Crippen MR) is 155 cm³/mol. The molecule has 206 valence electrons. The number of anilines is 1. The minimum atomic E-state index is -0.572. The summed E-state index contributed by atoms with van der Waals surface area (Å²) in [6, 6.07) is 9.25. The van der Waals surface area contributed by atoms with Crippen LogP contribution in [0, 0.1) is 40.4 Å². The first-order chi connectivity index (χ1) is 18.8. The van der Waals surface area contributed by atoms with Crippen LogP contribution < -0.4 is 4.90 Å². The molecule has 1 heterocycles. The summed E-state index contributed by atoms with van der Waals surface area (Å²) >= 11 is 0. The number of Topliss-reactive ketones (excluding diaryl/α,β-unsaturated/α-hetero) is 1. The van der Waals surface area contributed by atoms with Crippen molar-refractivity contribution in [1.82, 2.24) is 0 Å². The Morgan fingerprint density at radius 3 is 2.59 bits per heavy atom. The summed E-state index contributed by atoms with van der Waals surface area (Å²) < 4.78 is 5.57. The van der Waals surface area contributed by atoms with E-state index in [9.17, 15) is 10.0 Å². The molecule has 0 amide bonds. The summed E-state index contributed by atoms with van der Waals surface area (Å²) in [7, 11) is 0. The molecule has 5 aliphatic rings. The van der Waals surface area contributed by atoms with E-state index in [-0.39, 0.29) is 17.1 Å². The second-order valence-corrected chi connectivity index (χ2v) is 12.7. The van der Waals surface area contributed by atoms with E-state index in [1.807, 2.05) is 6.92 Å². The molecule has 4 aliphatic carbocycles. The molecule has 2 saturated carbocycles. The third-order valence-electron chi connectivity index (χ3n) is 11.0. The van der Waals surface area contributed by atoms with Crippen molar-refractivity contribution < 1.29 is 14.7 Å². The fraction of sp³-hybridized carbons (Fsp3) is 0.588. The van der Waals surface area contributed by atoms with E-state index in [2.05, 4.69) is 66.1 Å². The summed E-state index contributed by atoms with van der Waals surface area (Å²) in [5.41, 5.74) is 7.12. The number of carbonyl (C=O) groups excluding carboxylic acids is 1. The zero-order valence-electron chi connectivity index (χ0n) is 23.9. The van der Waals surface area contributed by atoms with E-state index >= 15 is 0 Å². The van der Waals surface area contributed by atoms with Gasteiger partial charge in [-0.1, -0.05) is 42.6 Å². The van der Waals surface area contributed by atoms with Crippen LogP contribution in [-0.2, 0) is 9.53 Å². The molecule has 1 aromatic rings. The number of rotatable bonds is 3. The van der Waals surface area contributed by atoms with Crippen LogP contribution in [-0.4, -0.2) is 43.0 Å². The third-order valence-corrected chi connectivity index (χ3v) is 11.0. The lowest BCUT2D eigenvalue weighted by Crippen LogP contribution is -2.50. The Morgan fingerprint density at radius 1 is 1.18 bits per heavy atom. The van der Waals surface area contributed by atoms with Gasteiger partial charge in [0.2, 0.25) is 0 Å². The van der Waals surface area contributed by atoms with Gasteiger partial charge in [0, 0.05) is 24.7 Å². The number of ether oxygens (including phenoxy) is 1. The largest absolute Gasteiger partial charge is 0.411 e. The number of carbonyl (C=O) groups is 1. The summed E-state index contributed by atoms with van der Waals surface area (Å²) in [4.78, 5) is 15.8. The van der Waals surface area contributed by atoms with E-state index in [1.54, 1.807) is 12.5 Å². The lowest BCUT2D eigenvalue weighted by atomic mass is 9.47. The number of benzene rings is 1. The Balaban J connectivity index is 1.49. The summed E-state index contributed by atoms with van der Waals surface area (Å²) in [6.45, 7) is 11.8. The van der Waals surface area contributed by atoms with Crippen molar-refractivity contribution in [3.63, 3.8) is 0 Å². The lowest BCUT2D eigenvalue weighted by Gasteiger charge is -2.55. The quantitative estimate of drug-likeness (QED) is 0.276. The van der Waals surface area contributed by atoms with Gasteiger partial charge in [0.05, 0.1) is 24.3 Å². The van der Waals surface area contributed by atoms with E-state index in [4.69, 9.17) is 4.74 Å². The molecule has 1 N–H and O–H groups in total. The van der Waals surface area contributed by atoms with Crippen molar-refractivity contribution in [2.75, 3.05) is 31.2 Å². The van der Waals surface area contributed by atoms with Crippen LogP contribution in [0.1, 0.15) is 77.7 Å². The van der Waals surface area contributed by atoms with E-state index in [0.29, 0.717) is 17.8 Å². The van der Waals surface area contributed by atoms with Gasteiger partial charge in [0.1, 0.15) is 5.78 Å². The standard InChI is InChI=1S/C34H42N2O3/c1-5-13-34(23(3)37)14-12-31-29-19-22(2)28-20-25(35-38)8-11-27(28)32(29)30(21-33(31,34)4)24-6-9-26(10-7-24)36-15-17-39-18-16-36/h6-7,9-10,20,22,29-31,38H,8,11-12,14-19,21H2,1-4H3/b35-25+/t22?,29-,30+,31-,33-,34+/m0/s1. The van der Waals surface area contributed by atoms with E-state index < -0.39 is 5.41 Å². The minimum absolute atomic E-state index is 0.169. The highest BCUT2D eigenvalue weighted by Gasteiger charge is 2.65. The second-order valence-electron chi connectivity index (χ2n) is 12.7. The lowest BCUT2D eigenvalue weighted by molar-refractivity contribution is -0.130. The molecule has 39 heavy (non-hydrogen) atoms. The summed E-state index contributed by atoms with van der Waals surface area (Å²) in [5, 5.41) is 13.1. The molecule has 6 atom stereocenters. The van der Waals surface area contributed by atoms with Gasteiger partial charge in [-0.15, -0.1) is 5.92 Å². The monoisotopic (exact) mass is 526 g/mol. The fourth-order valence-corrected chi connectivity index (χ4v) is 9.19. The van der Waals surface area contributed by atoms with Crippen LogP contribution in [0.15, 0.2) is 52.2 Å². The molecule has 6 rings (SSSR count). The van der Waals surface area contributed by atoms with Gasteiger partial charge in [-0.2, -0.15) is 0 Å². The Morgan fingerprint density at radius 2 is 1.92 bits per heavy atom. The maximum Gasteiger partial charge on any atom is 0.148 e. The van der Waals surface area contributed by atoms with Crippen molar-refractivity contribution in [2.24, 2.45) is 33.7 Å². The van der Waals surface area contributed by atoms with Gasteiger partial charge in [0.25, 0.3) is 0 Å². The first kappa shape index (κ1) is 26.4. The molecule has 0 spiro atoms. The van der Waals surface area contributed by atoms with Gasteiger partial charge in [-0.05, 0) is 110 Å². The normalized spacial score (nSPS) is 36.9. The van der Waals surface area contributed by atoms with Crippen molar-refractivity contribution >= 4 is 17.2 Å². The number of oxime groups is 1. The highest BCUT2D eigenvalue weighted by Crippen LogP contribution is 2.70. The molecule has 1 aliphatic heterocycles. The maximum absolute atomic E-state index is 13.4. The fourth-order valence-electron chi connectivity index (χ4n) is 9.19. The second kappa shape index (κ2) is 9.97. The van der Waals surface area contributed by atoms with Crippen molar-refractivity contribution in [3.8, 4) is 11.8 Å². The molecule has 0 aromatic heterocycles. The Hall–Kier alpha value is -2.84. The Bertz CT molecular complexity index is 1310. The topological polar surface area (TPSA) is 62.1 Å². The average molecular weight is 527 g/mol. The minimum Gasteiger partial charge on any atom is -0.411 e. The van der Waals surface area contributed by atoms with Gasteiger partial charge in [-0.3, -0.25) is 4.79 Å². The molecule has 5 nitrogen and oxygen atoms in total. The van der Waals surface area contributed by atoms with Crippen molar-refractivity contribution in [3.05, 3.63) is 52.6 Å². The first-order valence-electron chi connectivity index (χ1n) is 14.9. The number of hydrogen-bond acceptors (Lipinski definition) is 5. The molecule has 5 heteroatoms. The van der Waals surface area contributed by atoms with Crippen LogP contribution in [0.25, 0.3) is 0 Å². The number of nitrogens with zero attached hydrogens (tertiary/aromatic N) is 2. The number of hydrogen-bond donors (Lipinski definition) is 1. The van der Waals surface area contributed by atoms with Crippen molar-refractivity contribution in [1.29, 1.82) is 0 Å². The molecule has 1 unspecified atom stereocenters. The number of fused-ring (bicyclic) bond motifs is 4. The van der Waals surface area contributed by atoms with Crippen molar-refractivity contribution in [2.45, 2.75) is 72.1 Å². The molecule has 0 radical (unpaired) electrons.